The molecule has 0 radical (unpaired) electrons. The smallest absolute Gasteiger partial charge is 0.211 e. The predicted octanol–water partition coefficient (Wildman–Crippen LogP) is 7.73. The number of isocyanates is 1. The fourth-order valence-electron chi connectivity index (χ4n) is 8.85. The highest BCUT2D eigenvalue weighted by Gasteiger charge is 2.59. The van der Waals surface area contributed by atoms with Crippen LogP contribution < -0.4 is 0 Å². The van der Waals surface area contributed by atoms with Crippen molar-refractivity contribution >= 4 is 6.08 Å². The number of allylic oxidation sites excluding steroid dienone is 1. The van der Waals surface area contributed by atoms with Gasteiger partial charge in [0, 0.05) is 0 Å². The van der Waals surface area contributed by atoms with Gasteiger partial charge in [-0.3, -0.25) is 0 Å². The van der Waals surface area contributed by atoms with Gasteiger partial charge in [0.05, 0.1) is 6.04 Å². The van der Waals surface area contributed by atoms with Gasteiger partial charge in [0.15, 0.2) is 0 Å². The van der Waals surface area contributed by atoms with E-state index in [1.54, 1.807) is 5.57 Å². The molecule has 168 valence electrons. The quantitative estimate of drug-likeness (QED) is 0.250. The molecule has 2 nitrogen and oxygen atoms in total. The maximum Gasteiger partial charge on any atom is 0.235 e. The van der Waals surface area contributed by atoms with Gasteiger partial charge in [-0.15, -0.1) is 0 Å². The molecular formula is C28H45NO. The van der Waals surface area contributed by atoms with Crippen molar-refractivity contribution < 1.29 is 4.79 Å². The lowest BCUT2D eigenvalue weighted by atomic mass is 9.47. The van der Waals surface area contributed by atoms with Crippen LogP contribution in [0, 0.1) is 46.3 Å². The molecular weight excluding hydrogens is 366 g/mol. The van der Waals surface area contributed by atoms with Gasteiger partial charge in [-0.1, -0.05) is 65.5 Å². The van der Waals surface area contributed by atoms with E-state index in [0.29, 0.717) is 10.8 Å². The SMILES string of the molecule is CC(C)CCC[C@@H](C)[C@H]1CC[C@H]2[C@@H]3CC=C4C[C@@H](N=C=O)CC[C@]4(C)[C@H]3CC[C@]12C. The Labute approximate surface area is 185 Å². The Bertz CT molecular complexity index is 703. The van der Waals surface area contributed by atoms with Crippen molar-refractivity contribution in [1.82, 2.24) is 0 Å². The van der Waals surface area contributed by atoms with Crippen molar-refractivity contribution in [2.75, 3.05) is 0 Å². The van der Waals surface area contributed by atoms with E-state index < -0.39 is 0 Å². The second kappa shape index (κ2) is 8.57. The van der Waals surface area contributed by atoms with Crippen LogP contribution in [-0.2, 0) is 4.79 Å². The number of carbonyl (C=O) groups excluding carboxylic acids is 1. The molecule has 2 heteroatoms. The fraction of sp³-hybridized carbons (Fsp3) is 0.893. The summed E-state index contributed by atoms with van der Waals surface area (Å²) in [7, 11) is 0. The maximum atomic E-state index is 10.8. The predicted molar refractivity (Wildman–Crippen MR) is 125 cm³/mol. The lowest BCUT2D eigenvalue weighted by molar-refractivity contribution is -0.0508. The molecule has 0 N–H and O–H groups in total. The average Bonchev–Trinajstić information content (AvgIpc) is 3.05. The summed E-state index contributed by atoms with van der Waals surface area (Å²) in [6.45, 7) is 12.5. The van der Waals surface area contributed by atoms with Crippen LogP contribution in [0.4, 0.5) is 0 Å². The lowest BCUT2D eigenvalue weighted by Crippen LogP contribution is -2.50. The molecule has 0 aromatic heterocycles. The van der Waals surface area contributed by atoms with Gasteiger partial charge in [-0.05, 0) is 97.7 Å². The fourth-order valence-corrected chi connectivity index (χ4v) is 8.85. The topological polar surface area (TPSA) is 29.4 Å². The third-order valence-corrected chi connectivity index (χ3v) is 10.5. The standard InChI is InChI=1S/C28H45NO/c1-19(2)7-6-8-20(3)24-11-12-25-23-10-9-21-17-22(29-18-30)13-15-27(21,4)26(23)14-16-28(24,25)5/h9,19-20,22-26H,6-8,10-17H2,1-5H3/t20-,22+,23+,24-,25+,26+,27+,28-/m1/s1. The van der Waals surface area contributed by atoms with Crippen LogP contribution in [0.3, 0.4) is 0 Å². The van der Waals surface area contributed by atoms with Crippen LogP contribution in [-0.4, -0.2) is 12.1 Å². The summed E-state index contributed by atoms with van der Waals surface area (Å²) in [5.41, 5.74) is 2.55. The van der Waals surface area contributed by atoms with Crippen molar-refractivity contribution in [1.29, 1.82) is 0 Å². The van der Waals surface area contributed by atoms with Crippen molar-refractivity contribution in [3.63, 3.8) is 0 Å². The number of rotatable bonds is 6. The van der Waals surface area contributed by atoms with Crippen LogP contribution in [0.25, 0.3) is 0 Å². The molecule has 30 heavy (non-hydrogen) atoms. The van der Waals surface area contributed by atoms with E-state index in [-0.39, 0.29) is 6.04 Å². The summed E-state index contributed by atoms with van der Waals surface area (Å²) >= 11 is 0. The highest BCUT2D eigenvalue weighted by Crippen LogP contribution is 2.67. The third kappa shape index (κ3) is 3.76. The summed E-state index contributed by atoms with van der Waals surface area (Å²) in [4.78, 5) is 14.9. The minimum atomic E-state index is 0.190. The Hall–Kier alpha value is -0.880. The Morgan fingerprint density at radius 3 is 2.60 bits per heavy atom. The molecule has 0 heterocycles. The zero-order chi connectivity index (χ0) is 21.5. The van der Waals surface area contributed by atoms with Gasteiger partial charge in [0.1, 0.15) is 0 Å². The summed E-state index contributed by atoms with van der Waals surface area (Å²) in [5, 5.41) is 0. The molecule has 0 aliphatic heterocycles. The maximum absolute atomic E-state index is 10.8. The first-order chi connectivity index (χ1) is 14.3. The van der Waals surface area contributed by atoms with Crippen molar-refractivity contribution in [2.45, 2.75) is 111 Å². The molecule has 3 fully saturated rings. The molecule has 0 aromatic carbocycles. The average molecular weight is 412 g/mol. The van der Waals surface area contributed by atoms with Gasteiger partial charge in [0.2, 0.25) is 6.08 Å². The van der Waals surface area contributed by atoms with Crippen molar-refractivity contribution in [2.24, 2.45) is 51.3 Å². The molecule has 0 unspecified atom stereocenters. The Morgan fingerprint density at radius 1 is 1.07 bits per heavy atom. The largest absolute Gasteiger partial charge is 0.235 e. The molecule has 0 spiro atoms. The minimum absolute atomic E-state index is 0.190. The zero-order valence-corrected chi connectivity index (χ0v) is 20.3. The van der Waals surface area contributed by atoms with Crippen LogP contribution in [0.15, 0.2) is 16.6 Å². The molecule has 3 saturated carbocycles. The number of hydrogen-bond donors (Lipinski definition) is 0. The number of nitrogens with zero attached hydrogens (tertiary/aromatic N) is 1. The third-order valence-electron chi connectivity index (χ3n) is 10.5. The minimum Gasteiger partial charge on any atom is -0.211 e. The van der Waals surface area contributed by atoms with Gasteiger partial charge in [-0.25, -0.2) is 9.79 Å². The monoisotopic (exact) mass is 411 g/mol. The van der Waals surface area contributed by atoms with Gasteiger partial charge in [-0.2, -0.15) is 0 Å². The Kier molecular flexibility index (Phi) is 6.38. The number of hydrogen-bond acceptors (Lipinski definition) is 2. The first kappa shape index (κ1) is 22.3. The normalized spacial score (nSPS) is 43.8. The highest BCUT2D eigenvalue weighted by molar-refractivity contribution is 5.35. The van der Waals surface area contributed by atoms with Crippen LogP contribution >= 0.6 is 0 Å². The van der Waals surface area contributed by atoms with E-state index >= 15 is 0 Å². The zero-order valence-electron chi connectivity index (χ0n) is 20.3. The molecule has 4 rings (SSSR count). The molecule has 0 amide bonds. The first-order valence-electron chi connectivity index (χ1n) is 13.1. The van der Waals surface area contributed by atoms with Gasteiger partial charge < -0.3 is 0 Å². The summed E-state index contributed by atoms with van der Waals surface area (Å²) in [6.07, 6.45) is 19.0. The summed E-state index contributed by atoms with van der Waals surface area (Å²) in [5.74, 6) is 5.33. The van der Waals surface area contributed by atoms with Crippen LogP contribution in [0.5, 0.6) is 0 Å². The number of aliphatic imine (C=N–C) groups is 1. The number of fused-ring (bicyclic) bond motifs is 5. The molecule has 4 aliphatic carbocycles. The Balaban J connectivity index is 1.49. The van der Waals surface area contributed by atoms with Gasteiger partial charge >= 0.3 is 0 Å². The summed E-state index contributed by atoms with van der Waals surface area (Å²) < 4.78 is 0. The van der Waals surface area contributed by atoms with E-state index in [2.05, 4.69) is 45.7 Å². The molecule has 0 bridgehead atoms. The van der Waals surface area contributed by atoms with Crippen molar-refractivity contribution in [3.05, 3.63) is 11.6 Å². The molecule has 8 atom stereocenters. The van der Waals surface area contributed by atoms with E-state index in [4.69, 9.17) is 0 Å². The van der Waals surface area contributed by atoms with Crippen LogP contribution in [0.2, 0.25) is 0 Å². The van der Waals surface area contributed by atoms with E-state index in [1.807, 2.05) is 6.08 Å². The summed E-state index contributed by atoms with van der Waals surface area (Å²) in [6, 6.07) is 0.190. The molecule has 4 aliphatic rings. The van der Waals surface area contributed by atoms with Gasteiger partial charge in [0.25, 0.3) is 0 Å². The second-order valence-electron chi connectivity index (χ2n) is 12.4. The van der Waals surface area contributed by atoms with E-state index in [9.17, 15) is 4.79 Å². The van der Waals surface area contributed by atoms with E-state index in [1.165, 1.54) is 57.8 Å². The highest BCUT2D eigenvalue weighted by atomic mass is 16.1. The van der Waals surface area contributed by atoms with Crippen molar-refractivity contribution in [3.8, 4) is 0 Å². The van der Waals surface area contributed by atoms with Crippen LogP contribution in [0.1, 0.15) is 105 Å². The Morgan fingerprint density at radius 2 is 1.87 bits per heavy atom. The molecule has 0 aromatic rings. The van der Waals surface area contributed by atoms with E-state index in [0.717, 1.165) is 48.3 Å². The first-order valence-corrected chi connectivity index (χ1v) is 13.1. The second-order valence-corrected chi connectivity index (χ2v) is 12.4. The lowest BCUT2D eigenvalue weighted by Gasteiger charge is -2.58. The molecule has 0 saturated heterocycles.